The summed E-state index contributed by atoms with van der Waals surface area (Å²) in [5.41, 5.74) is 0.719. The average Bonchev–Trinajstić information content (AvgIpc) is 2.56. The molecule has 0 unspecified atom stereocenters. The first-order valence-electron chi connectivity index (χ1n) is 8.36. The van der Waals surface area contributed by atoms with Crippen LogP contribution in [-0.2, 0) is 20.7 Å². The summed E-state index contributed by atoms with van der Waals surface area (Å²) < 4.78 is 18.2. The first-order chi connectivity index (χ1) is 11.5. The molecule has 0 aliphatic carbocycles. The first-order valence-corrected chi connectivity index (χ1v) is 8.36. The lowest BCUT2D eigenvalue weighted by Crippen LogP contribution is -2.52. The molecule has 0 aromatic heterocycles. The zero-order valence-corrected chi connectivity index (χ0v) is 14.3. The molecule has 0 saturated carbocycles. The predicted molar refractivity (Wildman–Crippen MR) is 88.9 cm³/mol. The molecule has 0 radical (unpaired) electrons. The fourth-order valence-electron chi connectivity index (χ4n) is 2.73. The van der Waals surface area contributed by atoms with Gasteiger partial charge in [-0.25, -0.2) is 4.39 Å². The molecule has 1 aromatic rings. The number of rotatable bonds is 6. The van der Waals surface area contributed by atoms with Gasteiger partial charge in [0.05, 0.1) is 19.6 Å². The molecule has 1 atom stereocenters. The van der Waals surface area contributed by atoms with E-state index in [-0.39, 0.29) is 30.0 Å². The van der Waals surface area contributed by atoms with Crippen molar-refractivity contribution in [2.75, 3.05) is 26.3 Å². The van der Waals surface area contributed by atoms with Crippen LogP contribution in [0.25, 0.3) is 0 Å². The number of hydrogen-bond donors (Lipinski definition) is 1. The SMILES string of the molecule is CC(C)C[C@H](NC(=O)Cc1ccc(F)cc1)C(=O)N1CCOCC1. The summed E-state index contributed by atoms with van der Waals surface area (Å²) in [5.74, 6) is -0.334. The minimum absolute atomic E-state index is 0.0561. The molecule has 1 saturated heterocycles. The van der Waals surface area contributed by atoms with E-state index in [2.05, 4.69) is 5.32 Å². The highest BCUT2D eigenvalue weighted by molar-refractivity contribution is 5.88. The van der Waals surface area contributed by atoms with E-state index in [1.807, 2.05) is 13.8 Å². The molecule has 1 aliphatic heterocycles. The summed E-state index contributed by atoms with van der Waals surface area (Å²) >= 11 is 0. The minimum atomic E-state index is -0.531. The number of ether oxygens (including phenoxy) is 1. The maximum atomic E-state index is 12.9. The Balaban J connectivity index is 1.97. The van der Waals surface area contributed by atoms with E-state index in [0.29, 0.717) is 32.7 Å². The van der Waals surface area contributed by atoms with Crippen molar-refractivity contribution in [3.63, 3.8) is 0 Å². The van der Waals surface area contributed by atoms with Crippen LogP contribution in [0.4, 0.5) is 4.39 Å². The fraction of sp³-hybridized carbons (Fsp3) is 0.556. The van der Waals surface area contributed by atoms with Crippen molar-refractivity contribution >= 4 is 11.8 Å². The first kappa shape index (κ1) is 18.4. The van der Waals surface area contributed by atoms with Crippen LogP contribution < -0.4 is 5.32 Å². The summed E-state index contributed by atoms with van der Waals surface area (Å²) in [6.07, 6.45) is 0.719. The molecule has 0 bridgehead atoms. The molecule has 1 aliphatic rings. The number of benzene rings is 1. The van der Waals surface area contributed by atoms with Crippen molar-refractivity contribution in [2.45, 2.75) is 32.7 Å². The van der Waals surface area contributed by atoms with E-state index in [9.17, 15) is 14.0 Å². The third-order valence-electron chi connectivity index (χ3n) is 3.94. The fourth-order valence-corrected chi connectivity index (χ4v) is 2.73. The number of nitrogens with one attached hydrogen (secondary N) is 1. The summed E-state index contributed by atoms with van der Waals surface area (Å²) in [6, 6.07) is 5.28. The molecule has 2 amide bonds. The summed E-state index contributed by atoms with van der Waals surface area (Å²) in [7, 11) is 0. The standard InChI is InChI=1S/C18H25FN2O3/c1-13(2)11-16(18(23)21-7-9-24-10-8-21)20-17(22)12-14-3-5-15(19)6-4-14/h3-6,13,16H,7-12H2,1-2H3,(H,20,22)/t16-/m0/s1. The van der Waals surface area contributed by atoms with Crippen LogP contribution in [0.1, 0.15) is 25.8 Å². The van der Waals surface area contributed by atoms with Crippen LogP contribution in [0, 0.1) is 11.7 Å². The lowest BCUT2D eigenvalue weighted by atomic mass is 10.0. The molecular formula is C18H25FN2O3. The Labute approximate surface area is 142 Å². The smallest absolute Gasteiger partial charge is 0.245 e. The Kier molecular flexibility index (Phi) is 6.73. The molecule has 132 valence electrons. The molecule has 24 heavy (non-hydrogen) atoms. The summed E-state index contributed by atoms with van der Waals surface area (Å²) in [6.45, 7) is 6.22. The Bertz CT molecular complexity index is 554. The number of halogens is 1. The number of hydrogen-bond acceptors (Lipinski definition) is 3. The Hall–Kier alpha value is -1.95. The van der Waals surface area contributed by atoms with E-state index in [4.69, 9.17) is 4.74 Å². The van der Waals surface area contributed by atoms with Crippen LogP contribution in [0.2, 0.25) is 0 Å². The highest BCUT2D eigenvalue weighted by atomic mass is 19.1. The number of amides is 2. The quantitative estimate of drug-likeness (QED) is 0.861. The van der Waals surface area contributed by atoms with Crippen LogP contribution in [-0.4, -0.2) is 49.1 Å². The number of carbonyl (C=O) groups excluding carboxylic acids is 2. The average molecular weight is 336 g/mol. The molecule has 1 heterocycles. The van der Waals surface area contributed by atoms with E-state index in [1.165, 1.54) is 12.1 Å². The molecule has 5 nitrogen and oxygen atoms in total. The molecule has 2 rings (SSSR count). The molecule has 0 spiro atoms. The molecule has 1 fully saturated rings. The summed E-state index contributed by atoms with van der Waals surface area (Å²) in [4.78, 5) is 26.7. The lowest BCUT2D eigenvalue weighted by Gasteiger charge is -2.31. The van der Waals surface area contributed by atoms with Gasteiger partial charge >= 0.3 is 0 Å². The third-order valence-corrected chi connectivity index (χ3v) is 3.94. The van der Waals surface area contributed by atoms with Gasteiger partial charge in [-0.3, -0.25) is 9.59 Å². The van der Waals surface area contributed by atoms with Crippen molar-refractivity contribution in [3.05, 3.63) is 35.6 Å². The van der Waals surface area contributed by atoms with Gasteiger partial charge in [0.25, 0.3) is 0 Å². The topological polar surface area (TPSA) is 58.6 Å². The zero-order chi connectivity index (χ0) is 17.5. The van der Waals surface area contributed by atoms with Crippen molar-refractivity contribution in [2.24, 2.45) is 5.92 Å². The Morgan fingerprint density at radius 2 is 1.83 bits per heavy atom. The second-order valence-electron chi connectivity index (χ2n) is 6.49. The maximum absolute atomic E-state index is 12.9. The van der Waals surface area contributed by atoms with Crippen LogP contribution in [0.5, 0.6) is 0 Å². The molecule has 1 N–H and O–H groups in total. The van der Waals surface area contributed by atoms with Gasteiger partial charge in [-0.05, 0) is 30.0 Å². The predicted octanol–water partition coefficient (Wildman–Crippen LogP) is 1.76. The van der Waals surface area contributed by atoms with E-state index in [1.54, 1.807) is 17.0 Å². The van der Waals surface area contributed by atoms with E-state index < -0.39 is 6.04 Å². The van der Waals surface area contributed by atoms with Gasteiger partial charge < -0.3 is 15.0 Å². The normalized spacial score (nSPS) is 16.1. The summed E-state index contributed by atoms with van der Waals surface area (Å²) in [5, 5.41) is 2.84. The van der Waals surface area contributed by atoms with Crippen LogP contribution >= 0.6 is 0 Å². The van der Waals surface area contributed by atoms with Gasteiger partial charge in [0.1, 0.15) is 11.9 Å². The molecule has 1 aromatic carbocycles. The second kappa shape index (κ2) is 8.78. The highest BCUT2D eigenvalue weighted by Gasteiger charge is 2.27. The van der Waals surface area contributed by atoms with Gasteiger partial charge in [-0.1, -0.05) is 26.0 Å². The molecule has 6 heteroatoms. The monoisotopic (exact) mass is 336 g/mol. The third kappa shape index (κ3) is 5.60. The van der Waals surface area contributed by atoms with Gasteiger partial charge in [-0.15, -0.1) is 0 Å². The Morgan fingerprint density at radius 1 is 1.21 bits per heavy atom. The van der Waals surface area contributed by atoms with Crippen molar-refractivity contribution in [3.8, 4) is 0 Å². The largest absolute Gasteiger partial charge is 0.378 e. The van der Waals surface area contributed by atoms with Gasteiger partial charge in [-0.2, -0.15) is 0 Å². The van der Waals surface area contributed by atoms with Crippen molar-refractivity contribution in [1.29, 1.82) is 0 Å². The van der Waals surface area contributed by atoms with Crippen LogP contribution in [0.15, 0.2) is 24.3 Å². The van der Waals surface area contributed by atoms with Gasteiger partial charge in [0.15, 0.2) is 0 Å². The van der Waals surface area contributed by atoms with Crippen molar-refractivity contribution in [1.82, 2.24) is 10.2 Å². The van der Waals surface area contributed by atoms with Gasteiger partial charge in [0, 0.05) is 13.1 Å². The number of carbonyl (C=O) groups is 2. The lowest BCUT2D eigenvalue weighted by molar-refractivity contribution is -0.140. The van der Waals surface area contributed by atoms with E-state index >= 15 is 0 Å². The van der Waals surface area contributed by atoms with E-state index in [0.717, 1.165) is 5.56 Å². The second-order valence-corrected chi connectivity index (χ2v) is 6.49. The highest BCUT2D eigenvalue weighted by Crippen LogP contribution is 2.11. The Morgan fingerprint density at radius 3 is 2.42 bits per heavy atom. The van der Waals surface area contributed by atoms with Crippen LogP contribution in [0.3, 0.4) is 0 Å². The number of morpholine rings is 1. The van der Waals surface area contributed by atoms with Gasteiger partial charge in [0.2, 0.25) is 11.8 Å². The minimum Gasteiger partial charge on any atom is -0.378 e. The number of nitrogens with zero attached hydrogens (tertiary/aromatic N) is 1. The zero-order valence-electron chi connectivity index (χ0n) is 14.3. The maximum Gasteiger partial charge on any atom is 0.245 e. The van der Waals surface area contributed by atoms with Crippen molar-refractivity contribution < 1.29 is 18.7 Å². The molecular weight excluding hydrogens is 311 g/mol.